The molecule has 3 rings (SSSR count). The third-order valence-electron chi connectivity index (χ3n) is 3.61. The molecular formula is C12H20N4S. The van der Waals surface area contributed by atoms with Crippen LogP contribution in [0.5, 0.6) is 0 Å². The third kappa shape index (κ3) is 2.46. The van der Waals surface area contributed by atoms with Gasteiger partial charge in [-0.05, 0) is 19.8 Å². The van der Waals surface area contributed by atoms with Gasteiger partial charge in [-0.25, -0.2) is 4.98 Å². The average Bonchev–Trinajstić information content (AvgIpc) is 3.06. The van der Waals surface area contributed by atoms with Crippen molar-refractivity contribution in [3.05, 3.63) is 11.1 Å². The Labute approximate surface area is 106 Å². The van der Waals surface area contributed by atoms with Crippen molar-refractivity contribution in [2.24, 2.45) is 5.73 Å². The van der Waals surface area contributed by atoms with Crippen molar-refractivity contribution in [2.75, 3.05) is 31.1 Å². The molecule has 0 spiro atoms. The largest absolute Gasteiger partial charge is 0.346 e. The summed E-state index contributed by atoms with van der Waals surface area (Å²) >= 11 is 1.74. The number of hydrogen-bond acceptors (Lipinski definition) is 5. The van der Waals surface area contributed by atoms with Gasteiger partial charge in [0.15, 0.2) is 5.13 Å². The molecule has 0 radical (unpaired) electrons. The van der Waals surface area contributed by atoms with Crippen molar-refractivity contribution in [1.82, 2.24) is 9.88 Å². The highest BCUT2D eigenvalue weighted by atomic mass is 32.1. The summed E-state index contributed by atoms with van der Waals surface area (Å²) in [5.41, 5.74) is 5.87. The molecule has 2 heterocycles. The summed E-state index contributed by atoms with van der Waals surface area (Å²) in [7, 11) is 0. The van der Waals surface area contributed by atoms with Gasteiger partial charge < -0.3 is 10.6 Å². The van der Waals surface area contributed by atoms with Gasteiger partial charge in [-0.3, -0.25) is 4.90 Å². The first-order valence-corrected chi connectivity index (χ1v) is 7.26. The quantitative estimate of drug-likeness (QED) is 0.884. The molecule has 0 bridgehead atoms. The Hall–Kier alpha value is -0.650. The fourth-order valence-corrected chi connectivity index (χ4v) is 3.27. The Bertz CT molecular complexity index is 378. The summed E-state index contributed by atoms with van der Waals surface area (Å²) in [6.07, 6.45) is 4.75. The van der Waals surface area contributed by atoms with Gasteiger partial charge in [0.1, 0.15) is 0 Å². The first kappa shape index (κ1) is 11.4. The normalized spacial score (nSPS) is 24.0. The standard InChI is InChI=1S/C12H20N4S/c1-9(13)11-8-14-12(17-11)16-6-4-15(5-7-16)10-2-3-10/h8-10H,2-7,13H2,1H3. The van der Waals surface area contributed by atoms with Crippen LogP contribution in [0, 0.1) is 0 Å². The summed E-state index contributed by atoms with van der Waals surface area (Å²) < 4.78 is 0. The number of anilines is 1. The van der Waals surface area contributed by atoms with Gasteiger partial charge in [0, 0.05) is 49.3 Å². The Morgan fingerprint density at radius 3 is 2.59 bits per heavy atom. The van der Waals surface area contributed by atoms with Crippen LogP contribution in [-0.4, -0.2) is 42.1 Å². The van der Waals surface area contributed by atoms with Crippen molar-refractivity contribution >= 4 is 16.5 Å². The highest BCUT2D eigenvalue weighted by molar-refractivity contribution is 7.15. The summed E-state index contributed by atoms with van der Waals surface area (Å²) in [4.78, 5) is 10.7. The van der Waals surface area contributed by atoms with E-state index in [1.165, 1.54) is 30.8 Å². The molecule has 94 valence electrons. The molecule has 0 amide bonds. The van der Waals surface area contributed by atoms with E-state index in [0.29, 0.717) is 0 Å². The smallest absolute Gasteiger partial charge is 0.185 e. The van der Waals surface area contributed by atoms with E-state index in [-0.39, 0.29) is 6.04 Å². The molecule has 1 aliphatic heterocycles. The first-order valence-electron chi connectivity index (χ1n) is 6.44. The molecule has 1 aromatic heterocycles. The average molecular weight is 252 g/mol. The van der Waals surface area contributed by atoms with Crippen LogP contribution in [-0.2, 0) is 0 Å². The molecule has 4 nitrogen and oxygen atoms in total. The number of piperazine rings is 1. The van der Waals surface area contributed by atoms with E-state index in [1.807, 2.05) is 13.1 Å². The van der Waals surface area contributed by atoms with Crippen molar-refractivity contribution in [3.8, 4) is 0 Å². The van der Waals surface area contributed by atoms with Crippen LogP contribution in [0.2, 0.25) is 0 Å². The zero-order chi connectivity index (χ0) is 11.8. The number of rotatable bonds is 3. The van der Waals surface area contributed by atoms with Crippen LogP contribution < -0.4 is 10.6 Å². The Morgan fingerprint density at radius 2 is 2.06 bits per heavy atom. The van der Waals surface area contributed by atoms with Gasteiger partial charge >= 0.3 is 0 Å². The maximum atomic E-state index is 5.87. The molecule has 2 aliphatic rings. The predicted octanol–water partition coefficient (Wildman–Crippen LogP) is 1.45. The maximum absolute atomic E-state index is 5.87. The number of aromatic nitrogens is 1. The molecule has 1 saturated heterocycles. The monoisotopic (exact) mass is 252 g/mol. The van der Waals surface area contributed by atoms with Crippen LogP contribution in [0.15, 0.2) is 6.20 Å². The van der Waals surface area contributed by atoms with Crippen molar-refractivity contribution in [2.45, 2.75) is 31.8 Å². The molecule has 5 heteroatoms. The van der Waals surface area contributed by atoms with Gasteiger partial charge in [-0.2, -0.15) is 0 Å². The van der Waals surface area contributed by atoms with E-state index in [4.69, 9.17) is 5.73 Å². The minimum Gasteiger partial charge on any atom is -0.346 e. The van der Waals surface area contributed by atoms with Gasteiger partial charge in [-0.15, -0.1) is 11.3 Å². The lowest BCUT2D eigenvalue weighted by Crippen LogP contribution is -2.47. The topological polar surface area (TPSA) is 45.4 Å². The Kier molecular flexibility index (Phi) is 3.06. The number of hydrogen-bond donors (Lipinski definition) is 1. The van der Waals surface area contributed by atoms with Gasteiger partial charge in [-0.1, -0.05) is 0 Å². The Balaban J connectivity index is 1.61. The lowest BCUT2D eigenvalue weighted by Gasteiger charge is -2.34. The molecule has 1 aromatic rings. The number of nitrogens with zero attached hydrogens (tertiary/aromatic N) is 3. The van der Waals surface area contributed by atoms with E-state index < -0.39 is 0 Å². The second-order valence-corrected chi connectivity index (χ2v) is 6.13. The molecule has 1 aliphatic carbocycles. The molecule has 17 heavy (non-hydrogen) atoms. The minimum absolute atomic E-state index is 0.106. The first-order chi connectivity index (χ1) is 8.24. The van der Waals surface area contributed by atoms with Crippen LogP contribution in [0.1, 0.15) is 30.7 Å². The van der Waals surface area contributed by atoms with Gasteiger partial charge in [0.05, 0.1) is 0 Å². The van der Waals surface area contributed by atoms with Crippen LogP contribution in [0.4, 0.5) is 5.13 Å². The fourth-order valence-electron chi connectivity index (χ4n) is 2.35. The molecule has 1 unspecified atom stereocenters. The molecular weight excluding hydrogens is 232 g/mol. The third-order valence-corrected chi connectivity index (χ3v) is 4.87. The van der Waals surface area contributed by atoms with Crippen LogP contribution in [0.3, 0.4) is 0 Å². The van der Waals surface area contributed by atoms with Crippen LogP contribution >= 0.6 is 11.3 Å². The highest BCUT2D eigenvalue weighted by Gasteiger charge is 2.31. The zero-order valence-electron chi connectivity index (χ0n) is 10.3. The van der Waals surface area contributed by atoms with E-state index in [0.717, 1.165) is 24.3 Å². The lowest BCUT2D eigenvalue weighted by atomic mass is 10.3. The van der Waals surface area contributed by atoms with Crippen molar-refractivity contribution in [3.63, 3.8) is 0 Å². The maximum Gasteiger partial charge on any atom is 0.185 e. The second kappa shape index (κ2) is 4.55. The summed E-state index contributed by atoms with van der Waals surface area (Å²) in [6, 6.07) is 1.00. The van der Waals surface area contributed by atoms with E-state index >= 15 is 0 Å². The van der Waals surface area contributed by atoms with E-state index in [1.54, 1.807) is 11.3 Å². The van der Waals surface area contributed by atoms with Gasteiger partial charge in [0.2, 0.25) is 0 Å². The van der Waals surface area contributed by atoms with E-state index in [2.05, 4.69) is 14.8 Å². The van der Waals surface area contributed by atoms with E-state index in [9.17, 15) is 0 Å². The highest BCUT2D eigenvalue weighted by Crippen LogP contribution is 2.30. The molecule has 2 fully saturated rings. The summed E-state index contributed by atoms with van der Waals surface area (Å²) in [6.45, 7) is 6.63. The molecule has 1 atom stereocenters. The predicted molar refractivity (Wildman–Crippen MR) is 71.5 cm³/mol. The minimum atomic E-state index is 0.106. The fraction of sp³-hybridized carbons (Fsp3) is 0.750. The molecule has 2 N–H and O–H groups in total. The SMILES string of the molecule is CC(N)c1cnc(N2CCN(C3CC3)CC2)s1. The van der Waals surface area contributed by atoms with Crippen LogP contribution in [0.25, 0.3) is 0 Å². The lowest BCUT2D eigenvalue weighted by molar-refractivity contribution is 0.248. The zero-order valence-corrected chi connectivity index (χ0v) is 11.1. The summed E-state index contributed by atoms with van der Waals surface area (Å²) in [5, 5.41) is 1.15. The number of thiazole rings is 1. The molecule has 1 saturated carbocycles. The number of nitrogens with two attached hydrogens (primary N) is 1. The van der Waals surface area contributed by atoms with Gasteiger partial charge in [0.25, 0.3) is 0 Å². The Morgan fingerprint density at radius 1 is 1.35 bits per heavy atom. The van der Waals surface area contributed by atoms with Crippen molar-refractivity contribution < 1.29 is 0 Å². The van der Waals surface area contributed by atoms with Crippen molar-refractivity contribution in [1.29, 1.82) is 0 Å². The summed E-state index contributed by atoms with van der Waals surface area (Å²) in [5.74, 6) is 0. The molecule has 0 aromatic carbocycles. The second-order valence-electron chi connectivity index (χ2n) is 5.09.